The fourth-order valence-corrected chi connectivity index (χ4v) is 3.52. The van der Waals surface area contributed by atoms with Crippen molar-refractivity contribution in [2.45, 2.75) is 17.9 Å². The van der Waals surface area contributed by atoms with E-state index in [1.165, 1.54) is 57.4 Å². The molecule has 8 nitrogen and oxygen atoms in total. The highest BCUT2D eigenvalue weighted by Gasteiger charge is 2.20. The van der Waals surface area contributed by atoms with Crippen LogP contribution in [0, 0.1) is 0 Å². The molecule has 0 saturated carbocycles. The van der Waals surface area contributed by atoms with Crippen LogP contribution in [0.3, 0.4) is 0 Å². The lowest BCUT2D eigenvalue weighted by Crippen LogP contribution is -2.47. The van der Waals surface area contributed by atoms with Crippen LogP contribution in [0.1, 0.15) is 17.3 Å². The van der Waals surface area contributed by atoms with Gasteiger partial charge in [0, 0.05) is 24.7 Å². The molecule has 0 unspecified atom stereocenters. The number of hydrogen-bond acceptors (Lipinski definition) is 5. The second kappa shape index (κ2) is 9.45. The van der Waals surface area contributed by atoms with Gasteiger partial charge in [0.05, 0.1) is 9.92 Å². The number of halogens is 2. The summed E-state index contributed by atoms with van der Waals surface area (Å²) in [6.45, 7) is 1.47. The standard InChI is InChI=1S/C18H19Cl2N3O5S/c1-11(28-16-8-7-13(19)10-15(16)20)17(24)21-22-18(25)12-5-4-6-14(9-12)29(26,27)23(2)3/h4-11H,1-3H3,(H,21,24)(H,22,25)/t11-/m0/s1. The van der Waals surface area contributed by atoms with E-state index >= 15 is 0 Å². The zero-order valence-corrected chi connectivity index (χ0v) is 18.1. The summed E-state index contributed by atoms with van der Waals surface area (Å²) >= 11 is 11.8. The summed E-state index contributed by atoms with van der Waals surface area (Å²) in [5.74, 6) is -1.07. The first-order valence-electron chi connectivity index (χ1n) is 8.27. The fraction of sp³-hybridized carbons (Fsp3) is 0.222. The van der Waals surface area contributed by atoms with E-state index in [9.17, 15) is 18.0 Å². The Bertz CT molecular complexity index is 1030. The second-order valence-electron chi connectivity index (χ2n) is 6.09. The van der Waals surface area contributed by atoms with Gasteiger partial charge in [-0.25, -0.2) is 12.7 Å². The SMILES string of the molecule is C[C@H](Oc1ccc(Cl)cc1Cl)C(=O)NNC(=O)c1cccc(S(=O)(=O)N(C)C)c1. The normalized spacial score (nSPS) is 12.3. The van der Waals surface area contributed by atoms with Crippen LogP contribution in [-0.4, -0.2) is 44.7 Å². The van der Waals surface area contributed by atoms with Crippen molar-refractivity contribution in [2.75, 3.05) is 14.1 Å². The number of nitrogens with one attached hydrogen (secondary N) is 2. The quantitative estimate of drug-likeness (QED) is 0.645. The number of ether oxygens (including phenoxy) is 1. The molecular weight excluding hydrogens is 441 g/mol. The number of hydrogen-bond donors (Lipinski definition) is 2. The number of nitrogens with zero attached hydrogens (tertiary/aromatic N) is 1. The average Bonchev–Trinajstić information content (AvgIpc) is 2.67. The van der Waals surface area contributed by atoms with Crippen LogP contribution in [0.25, 0.3) is 0 Å². The summed E-state index contributed by atoms with van der Waals surface area (Å²) in [5.41, 5.74) is 4.49. The number of carbonyl (C=O) groups is 2. The van der Waals surface area contributed by atoms with E-state index in [1.807, 2.05) is 0 Å². The van der Waals surface area contributed by atoms with Crippen LogP contribution >= 0.6 is 23.2 Å². The lowest BCUT2D eigenvalue weighted by molar-refractivity contribution is -0.128. The minimum atomic E-state index is -3.70. The van der Waals surface area contributed by atoms with Crippen molar-refractivity contribution in [1.29, 1.82) is 0 Å². The topological polar surface area (TPSA) is 105 Å². The van der Waals surface area contributed by atoms with E-state index in [-0.39, 0.29) is 21.2 Å². The molecule has 0 aliphatic heterocycles. The van der Waals surface area contributed by atoms with Gasteiger partial charge in [0.25, 0.3) is 11.8 Å². The molecule has 0 heterocycles. The lowest BCUT2D eigenvalue weighted by Gasteiger charge is -2.16. The Morgan fingerprint density at radius 3 is 2.38 bits per heavy atom. The zero-order chi connectivity index (χ0) is 21.8. The van der Waals surface area contributed by atoms with Gasteiger partial charge in [-0.1, -0.05) is 29.3 Å². The maximum atomic E-state index is 12.3. The van der Waals surface area contributed by atoms with Gasteiger partial charge in [0.1, 0.15) is 5.75 Å². The molecule has 0 aromatic heterocycles. The first-order valence-corrected chi connectivity index (χ1v) is 10.5. The third-order valence-corrected chi connectivity index (χ3v) is 6.08. The zero-order valence-electron chi connectivity index (χ0n) is 15.8. The fourth-order valence-electron chi connectivity index (χ4n) is 2.12. The van der Waals surface area contributed by atoms with Gasteiger partial charge < -0.3 is 4.74 Å². The highest BCUT2D eigenvalue weighted by molar-refractivity contribution is 7.89. The van der Waals surface area contributed by atoms with E-state index in [0.29, 0.717) is 5.02 Å². The number of rotatable bonds is 6. The molecule has 0 fully saturated rings. The van der Waals surface area contributed by atoms with E-state index in [2.05, 4.69) is 10.9 Å². The molecular formula is C18H19Cl2N3O5S. The third kappa shape index (κ3) is 5.83. The Balaban J connectivity index is 2.00. The average molecular weight is 460 g/mol. The van der Waals surface area contributed by atoms with Gasteiger partial charge in [-0.15, -0.1) is 0 Å². The highest BCUT2D eigenvalue weighted by atomic mass is 35.5. The smallest absolute Gasteiger partial charge is 0.279 e. The van der Waals surface area contributed by atoms with Crippen molar-refractivity contribution >= 4 is 45.0 Å². The minimum Gasteiger partial charge on any atom is -0.479 e. The number of amides is 2. The Morgan fingerprint density at radius 1 is 1.07 bits per heavy atom. The molecule has 29 heavy (non-hydrogen) atoms. The van der Waals surface area contributed by atoms with E-state index in [1.54, 1.807) is 6.07 Å². The van der Waals surface area contributed by atoms with Crippen LogP contribution in [0.5, 0.6) is 5.75 Å². The van der Waals surface area contributed by atoms with Gasteiger partial charge in [-0.2, -0.15) is 0 Å². The summed E-state index contributed by atoms with van der Waals surface area (Å²) in [7, 11) is -0.924. The molecule has 1 atom stereocenters. The molecule has 2 amide bonds. The van der Waals surface area contributed by atoms with Crippen molar-refractivity contribution in [2.24, 2.45) is 0 Å². The van der Waals surface area contributed by atoms with Crippen molar-refractivity contribution in [3.8, 4) is 5.75 Å². The molecule has 0 saturated heterocycles. The first kappa shape index (κ1) is 23.0. The maximum Gasteiger partial charge on any atom is 0.279 e. The first-order chi connectivity index (χ1) is 13.5. The van der Waals surface area contributed by atoms with Gasteiger partial charge in [0.2, 0.25) is 10.0 Å². The van der Waals surface area contributed by atoms with Crippen LogP contribution < -0.4 is 15.6 Å². The number of benzene rings is 2. The predicted octanol–water partition coefficient (Wildman–Crippen LogP) is 2.47. The molecule has 0 aliphatic carbocycles. The van der Waals surface area contributed by atoms with E-state index in [0.717, 1.165) is 4.31 Å². The Hall–Kier alpha value is -2.33. The molecule has 11 heteroatoms. The summed E-state index contributed by atoms with van der Waals surface area (Å²) in [5, 5.41) is 0.658. The van der Waals surface area contributed by atoms with Crippen LogP contribution in [0.4, 0.5) is 0 Å². The Labute approximate surface area is 178 Å². The monoisotopic (exact) mass is 459 g/mol. The van der Waals surface area contributed by atoms with Gasteiger partial charge >= 0.3 is 0 Å². The number of sulfonamides is 1. The molecule has 0 aliphatic rings. The van der Waals surface area contributed by atoms with Crippen LogP contribution in [0.2, 0.25) is 10.0 Å². The molecule has 0 bridgehead atoms. The van der Waals surface area contributed by atoms with Gasteiger partial charge in [-0.3, -0.25) is 20.4 Å². The van der Waals surface area contributed by atoms with Crippen LogP contribution in [-0.2, 0) is 14.8 Å². The lowest BCUT2D eigenvalue weighted by atomic mass is 10.2. The molecule has 2 aromatic carbocycles. The molecule has 2 aromatic rings. The van der Waals surface area contributed by atoms with E-state index in [4.69, 9.17) is 27.9 Å². The Morgan fingerprint density at radius 2 is 1.76 bits per heavy atom. The highest BCUT2D eigenvalue weighted by Crippen LogP contribution is 2.28. The second-order valence-corrected chi connectivity index (χ2v) is 9.09. The van der Waals surface area contributed by atoms with Crippen LogP contribution in [0.15, 0.2) is 47.4 Å². The molecule has 2 N–H and O–H groups in total. The maximum absolute atomic E-state index is 12.3. The van der Waals surface area contributed by atoms with E-state index < -0.39 is 27.9 Å². The minimum absolute atomic E-state index is 0.0458. The predicted molar refractivity (Wildman–Crippen MR) is 109 cm³/mol. The third-order valence-electron chi connectivity index (χ3n) is 3.74. The number of hydrazine groups is 1. The van der Waals surface area contributed by atoms with Crippen molar-refractivity contribution in [3.63, 3.8) is 0 Å². The van der Waals surface area contributed by atoms with Gasteiger partial charge in [-0.05, 0) is 43.3 Å². The number of carbonyl (C=O) groups excluding carboxylic acids is 2. The molecule has 156 valence electrons. The van der Waals surface area contributed by atoms with Gasteiger partial charge in [0.15, 0.2) is 6.10 Å². The van der Waals surface area contributed by atoms with Crippen molar-refractivity contribution in [3.05, 3.63) is 58.1 Å². The summed E-state index contributed by atoms with van der Waals surface area (Å²) in [6, 6.07) is 9.99. The largest absolute Gasteiger partial charge is 0.479 e. The summed E-state index contributed by atoms with van der Waals surface area (Å²) in [4.78, 5) is 24.4. The van der Waals surface area contributed by atoms with Crippen molar-refractivity contribution < 1.29 is 22.7 Å². The molecule has 0 spiro atoms. The molecule has 2 rings (SSSR count). The molecule has 0 radical (unpaired) electrons. The summed E-state index contributed by atoms with van der Waals surface area (Å²) < 4.78 is 30.8. The summed E-state index contributed by atoms with van der Waals surface area (Å²) in [6.07, 6.45) is -0.977. The Kier molecular flexibility index (Phi) is 7.48. The van der Waals surface area contributed by atoms with Crippen molar-refractivity contribution in [1.82, 2.24) is 15.2 Å².